The average Bonchev–Trinajstić information content (AvgIpc) is 3.33. The molecule has 2 aliphatic heterocycles. The molecule has 0 amide bonds. The van der Waals surface area contributed by atoms with Crippen molar-refractivity contribution in [1.29, 1.82) is 0 Å². The molecule has 3 fully saturated rings. The van der Waals surface area contributed by atoms with Crippen molar-refractivity contribution < 1.29 is 19.4 Å². The number of ether oxygens (including phenoxy) is 2. The van der Waals surface area contributed by atoms with Gasteiger partial charge in [-0.1, -0.05) is 32.0 Å². The minimum Gasteiger partial charge on any atom is -0.385 e. The molecule has 1 saturated heterocycles. The Labute approximate surface area is 188 Å². The van der Waals surface area contributed by atoms with Crippen LogP contribution in [0.5, 0.6) is 0 Å². The maximum Gasteiger partial charge on any atom is 0.195 e. The highest BCUT2D eigenvalue weighted by Gasteiger charge is 2.75. The number of para-hydroxylation sites is 1. The third-order valence-electron chi connectivity index (χ3n) is 10.2. The van der Waals surface area contributed by atoms with E-state index in [2.05, 4.69) is 43.1 Å². The Hall–Kier alpha value is -1.95. The van der Waals surface area contributed by atoms with E-state index in [1.807, 2.05) is 13.8 Å². The monoisotopic (exact) mass is 433 g/mol. The van der Waals surface area contributed by atoms with Crippen molar-refractivity contribution >= 4 is 16.7 Å². The van der Waals surface area contributed by atoms with Gasteiger partial charge in [-0.25, -0.2) is 0 Å². The second kappa shape index (κ2) is 5.40. The quantitative estimate of drug-likeness (QED) is 0.649. The van der Waals surface area contributed by atoms with Gasteiger partial charge in [0.2, 0.25) is 0 Å². The molecule has 6 atom stereocenters. The topological polar surface area (TPSA) is 71.5 Å². The smallest absolute Gasteiger partial charge is 0.195 e. The first-order chi connectivity index (χ1) is 15.1. The van der Waals surface area contributed by atoms with Gasteiger partial charge < -0.3 is 19.6 Å². The lowest BCUT2D eigenvalue weighted by Crippen LogP contribution is -2.69. The molecule has 2 N–H and O–H groups in total. The minimum absolute atomic E-state index is 0.0826. The van der Waals surface area contributed by atoms with E-state index in [1.165, 1.54) is 22.2 Å². The molecule has 0 radical (unpaired) electrons. The number of aromatic amines is 1. The summed E-state index contributed by atoms with van der Waals surface area (Å²) in [7, 11) is 0. The lowest BCUT2D eigenvalue weighted by atomic mass is 9.42. The van der Waals surface area contributed by atoms with Crippen molar-refractivity contribution in [1.82, 2.24) is 4.98 Å². The summed E-state index contributed by atoms with van der Waals surface area (Å²) in [6, 6.07) is 8.53. The Kier molecular flexibility index (Phi) is 3.29. The molecule has 1 unspecified atom stereocenters. The highest BCUT2D eigenvalue weighted by Crippen LogP contribution is 2.71. The molecule has 2 saturated carbocycles. The normalized spacial score (nSPS) is 45.8. The Balaban J connectivity index is 1.43. The molecule has 1 aromatic carbocycles. The van der Waals surface area contributed by atoms with E-state index in [0.717, 1.165) is 19.3 Å². The lowest BCUT2D eigenvalue weighted by molar-refractivity contribution is -0.247. The number of H-pyrrole nitrogens is 1. The summed E-state index contributed by atoms with van der Waals surface area (Å²) in [5.74, 6) is -0.607. The van der Waals surface area contributed by atoms with Gasteiger partial charge in [-0.3, -0.25) is 4.79 Å². The molecule has 1 aromatic heterocycles. The number of aliphatic hydroxyl groups is 1. The van der Waals surface area contributed by atoms with Gasteiger partial charge in [-0.2, -0.15) is 0 Å². The number of nitrogens with one attached hydrogen (secondary N) is 1. The van der Waals surface area contributed by atoms with Gasteiger partial charge >= 0.3 is 0 Å². The van der Waals surface area contributed by atoms with Crippen LogP contribution in [0.1, 0.15) is 64.6 Å². The fourth-order valence-electron chi connectivity index (χ4n) is 8.39. The summed E-state index contributed by atoms with van der Waals surface area (Å²) >= 11 is 0. The van der Waals surface area contributed by atoms with Crippen LogP contribution in [0.4, 0.5) is 0 Å². The van der Waals surface area contributed by atoms with Crippen molar-refractivity contribution in [3.63, 3.8) is 0 Å². The fourth-order valence-corrected chi connectivity index (χ4v) is 8.39. The van der Waals surface area contributed by atoms with E-state index >= 15 is 0 Å². The van der Waals surface area contributed by atoms with Crippen LogP contribution in [0.3, 0.4) is 0 Å². The van der Waals surface area contributed by atoms with Gasteiger partial charge in [0.1, 0.15) is 5.60 Å². The van der Waals surface area contributed by atoms with Crippen LogP contribution in [0.15, 0.2) is 35.9 Å². The highest BCUT2D eigenvalue weighted by atomic mass is 16.8. The first kappa shape index (κ1) is 19.5. The SMILES string of the molecule is CC1(C)O[C@@]23CC[C@@]4(C)[C@@](O)(CC[C@H]5Cc6c([nH]c7ccccc67)[C@@]54C)C2=CC(=O)C1O3. The maximum atomic E-state index is 13.1. The van der Waals surface area contributed by atoms with Crippen LogP contribution in [-0.2, 0) is 26.1 Å². The van der Waals surface area contributed by atoms with Crippen molar-refractivity contribution in [2.75, 3.05) is 0 Å². The van der Waals surface area contributed by atoms with Crippen LogP contribution < -0.4 is 0 Å². The Bertz CT molecular complexity index is 1240. The minimum atomic E-state index is -1.16. The molecular weight excluding hydrogens is 402 g/mol. The van der Waals surface area contributed by atoms with Gasteiger partial charge in [0.15, 0.2) is 17.7 Å². The highest BCUT2D eigenvalue weighted by molar-refractivity contribution is 5.97. The predicted molar refractivity (Wildman–Crippen MR) is 120 cm³/mol. The summed E-state index contributed by atoms with van der Waals surface area (Å²) in [6.07, 6.45) is 5.09. The van der Waals surface area contributed by atoms with Gasteiger partial charge in [-0.05, 0) is 63.2 Å². The van der Waals surface area contributed by atoms with E-state index in [4.69, 9.17) is 9.47 Å². The molecule has 1 spiro atoms. The van der Waals surface area contributed by atoms with E-state index < -0.39 is 28.5 Å². The molecule has 168 valence electrons. The van der Waals surface area contributed by atoms with E-state index in [9.17, 15) is 9.90 Å². The van der Waals surface area contributed by atoms with Crippen LogP contribution in [-0.4, -0.2) is 39.0 Å². The number of rotatable bonds is 0. The molecule has 3 aliphatic carbocycles. The molecule has 7 rings (SSSR count). The molecule has 5 aliphatic rings. The van der Waals surface area contributed by atoms with Crippen molar-refractivity contribution in [2.24, 2.45) is 11.3 Å². The molecule has 5 heteroatoms. The van der Waals surface area contributed by atoms with Gasteiger partial charge in [-0.15, -0.1) is 0 Å². The number of aromatic nitrogens is 1. The van der Waals surface area contributed by atoms with Crippen LogP contribution in [0.25, 0.3) is 10.9 Å². The van der Waals surface area contributed by atoms with Crippen molar-refractivity contribution in [3.05, 3.63) is 47.2 Å². The molecule has 2 bridgehead atoms. The van der Waals surface area contributed by atoms with Crippen LogP contribution >= 0.6 is 0 Å². The summed E-state index contributed by atoms with van der Waals surface area (Å²) in [6.45, 7) is 8.43. The zero-order valence-electron chi connectivity index (χ0n) is 19.2. The second-order valence-electron chi connectivity index (χ2n) is 11.8. The summed E-state index contributed by atoms with van der Waals surface area (Å²) < 4.78 is 12.8. The molecular formula is C27H31NO4. The van der Waals surface area contributed by atoms with Gasteiger partial charge in [0.05, 0.1) is 5.60 Å². The number of hydrogen-bond donors (Lipinski definition) is 2. The third kappa shape index (κ3) is 1.86. The molecule has 5 nitrogen and oxygen atoms in total. The average molecular weight is 434 g/mol. The predicted octanol–water partition coefficient (Wildman–Crippen LogP) is 4.32. The van der Waals surface area contributed by atoms with Crippen molar-refractivity contribution in [2.45, 2.75) is 88.3 Å². The zero-order valence-corrected chi connectivity index (χ0v) is 19.2. The Morgan fingerprint density at radius 3 is 2.69 bits per heavy atom. The lowest BCUT2D eigenvalue weighted by Gasteiger charge is -2.65. The molecule has 2 aromatic rings. The Morgan fingerprint density at radius 1 is 1.09 bits per heavy atom. The second-order valence-corrected chi connectivity index (χ2v) is 11.8. The van der Waals surface area contributed by atoms with Gasteiger partial charge in [0.25, 0.3) is 0 Å². The standard InChI is InChI=1S/C27H31NO4/c1-23(2)22-19(29)14-20-26(30)10-9-15-13-17-16-7-5-6-8-18(16)28-21(17)25(15,4)24(26,3)11-12-27(20,31-22)32-23/h5-8,14-15,22,28,30H,9-13H2,1-4H3/t15-,22?,24+,25+,26+,27-/m0/s1. The number of ketones is 1. The zero-order chi connectivity index (χ0) is 22.3. The number of hydrogen-bond acceptors (Lipinski definition) is 4. The number of fused-ring (bicyclic) bond motifs is 9. The number of carbonyl (C=O) groups is 1. The summed E-state index contributed by atoms with van der Waals surface area (Å²) in [4.78, 5) is 16.8. The van der Waals surface area contributed by atoms with E-state index in [-0.39, 0.29) is 11.2 Å². The first-order valence-corrected chi connectivity index (χ1v) is 12.0. The fraction of sp³-hybridized carbons (Fsp3) is 0.593. The van der Waals surface area contributed by atoms with Crippen LogP contribution in [0, 0.1) is 11.3 Å². The van der Waals surface area contributed by atoms with Gasteiger partial charge in [0, 0.05) is 39.4 Å². The largest absolute Gasteiger partial charge is 0.385 e. The van der Waals surface area contributed by atoms with E-state index in [1.54, 1.807) is 6.08 Å². The van der Waals surface area contributed by atoms with E-state index in [0.29, 0.717) is 24.3 Å². The molecule has 32 heavy (non-hydrogen) atoms. The number of benzene rings is 1. The summed E-state index contributed by atoms with van der Waals surface area (Å²) in [5, 5.41) is 13.9. The third-order valence-corrected chi connectivity index (χ3v) is 10.2. The van der Waals surface area contributed by atoms with Crippen molar-refractivity contribution in [3.8, 4) is 0 Å². The molecule has 3 heterocycles. The van der Waals surface area contributed by atoms with Crippen LogP contribution in [0.2, 0.25) is 0 Å². The Morgan fingerprint density at radius 2 is 1.88 bits per heavy atom. The number of carbonyl (C=O) groups excluding carboxylic acids is 1. The maximum absolute atomic E-state index is 13.1. The first-order valence-electron chi connectivity index (χ1n) is 12.0. The summed E-state index contributed by atoms with van der Waals surface area (Å²) in [5.41, 5.74) is 1.98.